The van der Waals surface area contributed by atoms with Gasteiger partial charge < -0.3 is 0 Å². The highest BCUT2D eigenvalue weighted by Gasteiger charge is 2.17. The van der Waals surface area contributed by atoms with E-state index in [0.717, 1.165) is 17.1 Å². The Bertz CT molecular complexity index is 403. The molecule has 1 aliphatic carbocycles. The highest BCUT2D eigenvalue weighted by molar-refractivity contribution is 7.11. The third kappa shape index (κ3) is 1.77. The summed E-state index contributed by atoms with van der Waals surface area (Å²) in [7, 11) is 0. The predicted molar refractivity (Wildman–Crippen MR) is 57.3 cm³/mol. The van der Waals surface area contributed by atoms with Gasteiger partial charge in [0.25, 0.3) is 0 Å². The average Bonchev–Trinajstić information content (AvgIpc) is 2.45. The van der Waals surface area contributed by atoms with Crippen molar-refractivity contribution >= 4 is 11.3 Å². The summed E-state index contributed by atoms with van der Waals surface area (Å²) >= 11 is 1.67. The molecule has 0 radical (unpaired) electrons. The summed E-state index contributed by atoms with van der Waals surface area (Å²) in [5, 5.41) is 1.06. The summed E-state index contributed by atoms with van der Waals surface area (Å²) < 4.78 is 13.0. The second kappa shape index (κ2) is 3.65. The van der Waals surface area contributed by atoms with Gasteiger partial charge in [0.2, 0.25) is 0 Å². The molecule has 0 spiro atoms. The van der Waals surface area contributed by atoms with Gasteiger partial charge in [0.1, 0.15) is 5.83 Å². The van der Waals surface area contributed by atoms with Crippen LogP contribution < -0.4 is 0 Å². The lowest BCUT2D eigenvalue weighted by Gasteiger charge is -2.12. The minimum absolute atomic E-state index is 0.133. The first-order valence-electron chi connectivity index (χ1n) is 4.64. The third-order valence-electron chi connectivity index (χ3n) is 2.30. The Kier molecular flexibility index (Phi) is 2.50. The van der Waals surface area contributed by atoms with Crippen LogP contribution in [-0.4, -0.2) is 4.98 Å². The zero-order valence-electron chi connectivity index (χ0n) is 8.25. The van der Waals surface area contributed by atoms with Gasteiger partial charge in [0, 0.05) is 10.8 Å². The molecule has 1 nitrogen and oxygen atoms in total. The monoisotopic (exact) mass is 209 g/mol. The van der Waals surface area contributed by atoms with Gasteiger partial charge in [-0.1, -0.05) is 6.08 Å². The number of aromatic nitrogens is 1. The number of allylic oxidation sites excluding steroid dienone is 4. The molecule has 0 fully saturated rings. The van der Waals surface area contributed by atoms with Crippen LogP contribution in [0.2, 0.25) is 0 Å². The van der Waals surface area contributed by atoms with Crippen LogP contribution in [-0.2, 0) is 0 Å². The van der Waals surface area contributed by atoms with Crippen LogP contribution >= 0.6 is 11.3 Å². The fourth-order valence-electron chi connectivity index (χ4n) is 1.72. The Morgan fingerprint density at radius 2 is 2.29 bits per heavy atom. The third-order valence-corrected chi connectivity index (χ3v) is 3.51. The SMILES string of the molecule is Cc1nc(C)c(C2C=C(F)C=CC2)s1. The Labute approximate surface area is 87.0 Å². The predicted octanol–water partition coefficient (Wildman–Crippen LogP) is 3.66. The lowest BCUT2D eigenvalue weighted by molar-refractivity contribution is 0.641. The van der Waals surface area contributed by atoms with Crippen molar-refractivity contribution in [3.63, 3.8) is 0 Å². The Hall–Kier alpha value is -0.960. The molecule has 1 unspecified atom stereocenters. The van der Waals surface area contributed by atoms with Gasteiger partial charge in [-0.2, -0.15) is 0 Å². The van der Waals surface area contributed by atoms with Crippen molar-refractivity contribution in [3.05, 3.63) is 39.6 Å². The standard InChI is InChI=1S/C11H12FNS/c1-7-11(14-8(2)13-7)9-4-3-5-10(12)6-9/h3,5-6,9H,4H2,1-2H3. The molecule has 74 valence electrons. The molecule has 0 aromatic carbocycles. The second-order valence-electron chi connectivity index (χ2n) is 3.48. The van der Waals surface area contributed by atoms with Crippen LogP contribution in [0, 0.1) is 13.8 Å². The molecule has 3 heteroatoms. The van der Waals surface area contributed by atoms with Crippen molar-refractivity contribution in [1.29, 1.82) is 0 Å². The van der Waals surface area contributed by atoms with E-state index in [1.165, 1.54) is 11.0 Å². The minimum Gasteiger partial charge on any atom is -0.247 e. The Morgan fingerprint density at radius 3 is 2.86 bits per heavy atom. The molecule has 14 heavy (non-hydrogen) atoms. The number of halogens is 1. The quantitative estimate of drug-likeness (QED) is 0.688. The van der Waals surface area contributed by atoms with E-state index < -0.39 is 0 Å². The van der Waals surface area contributed by atoms with Crippen LogP contribution in [0.3, 0.4) is 0 Å². The summed E-state index contributed by atoms with van der Waals surface area (Å²) in [6.07, 6.45) is 5.98. The number of hydrogen-bond acceptors (Lipinski definition) is 2. The lowest BCUT2D eigenvalue weighted by Crippen LogP contribution is -1.97. The maximum absolute atomic E-state index is 13.0. The number of aryl methyl sites for hydroxylation is 2. The van der Waals surface area contributed by atoms with Crippen molar-refractivity contribution in [2.75, 3.05) is 0 Å². The van der Waals surface area contributed by atoms with Crippen molar-refractivity contribution < 1.29 is 4.39 Å². The van der Waals surface area contributed by atoms with E-state index in [4.69, 9.17) is 0 Å². The Balaban J connectivity index is 2.32. The van der Waals surface area contributed by atoms with Crippen LogP contribution in [0.1, 0.15) is 27.9 Å². The molecule has 1 aliphatic rings. The minimum atomic E-state index is -0.133. The first kappa shape index (κ1) is 9.59. The van der Waals surface area contributed by atoms with Crippen molar-refractivity contribution in [2.45, 2.75) is 26.2 Å². The number of hydrogen-bond donors (Lipinski definition) is 0. The fourth-order valence-corrected chi connectivity index (χ4v) is 2.73. The maximum Gasteiger partial charge on any atom is 0.119 e. The lowest BCUT2D eigenvalue weighted by atomic mass is 9.98. The summed E-state index contributed by atoms with van der Waals surface area (Å²) in [4.78, 5) is 5.55. The number of thiazole rings is 1. The molecular formula is C11H12FNS. The molecule has 0 saturated carbocycles. The van der Waals surface area contributed by atoms with Gasteiger partial charge in [-0.25, -0.2) is 9.37 Å². The van der Waals surface area contributed by atoms with E-state index in [9.17, 15) is 4.39 Å². The van der Waals surface area contributed by atoms with Gasteiger partial charge in [0.15, 0.2) is 0 Å². The summed E-state index contributed by atoms with van der Waals surface area (Å²) in [5.41, 5.74) is 1.04. The van der Waals surface area contributed by atoms with E-state index in [1.807, 2.05) is 19.9 Å². The molecule has 0 saturated heterocycles. The molecule has 0 aliphatic heterocycles. The van der Waals surface area contributed by atoms with Crippen molar-refractivity contribution in [1.82, 2.24) is 4.98 Å². The van der Waals surface area contributed by atoms with Gasteiger partial charge in [-0.3, -0.25) is 0 Å². The number of rotatable bonds is 1. The van der Waals surface area contributed by atoms with E-state index in [2.05, 4.69) is 4.98 Å². The zero-order valence-corrected chi connectivity index (χ0v) is 9.07. The largest absolute Gasteiger partial charge is 0.247 e. The topological polar surface area (TPSA) is 12.9 Å². The van der Waals surface area contributed by atoms with Crippen LogP contribution in [0.4, 0.5) is 4.39 Å². The first-order valence-corrected chi connectivity index (χ1v) is 5.46. The van der Waals surface area contributed by atoms with E-state index >= 15 is 0 Å². The molecular weight excluding hydrogens is 197 g/mol. The van der Waals surface area contributed by atoms with Gasteiger partial charge in [0.05, 0.1) is 10.7 Å². The summed E-state index contributed by atoms with van der Waals surface area (Å²) in [6, 6.07) is 0. The van der Waals surface area contributed by atoms with E-state index in [0.29, 0.717) is 0 Å². The molecule has 1 atom stereocenters. The van der Waals surface area contributed by atoms with Crippen molar-refractivity contribution in [3.8, 4) is 0 Å². The van der Waals surface area contributed by atoms with Crippen molar-refractivity contribution in [2.24, 2.45) is 0 Å². The van der Waals surface area contributed by atoms with Gasteiger partial charge in [-0.15, -0.1) is 11.3 Å². The van der Waals surface area contributed by atoms with E-state index in [-0.39, 0.29) is 11.7 Å². The first-order chi connectivity index (χ1) is 6.66. The molecule has 0 N–H and O–H groups in total. The molecule has 2 rings (SSSR count). The highest BCUT2D eigenvalue weighted by atomic mass is 32.1. The molecule has 1 aromatic rings. The zero-order chi connectivity index (χ0) is 10.1. The average molecular weight is 209 g/mol. The van der Waals surface area contributed by atoms with Gasteiger partial charge in [-0.05, 0) is 32.4 Å². The van der Waals surface area contributed by atoms with Gasteiger partial charge >= 0.3 is 0 Å². The number of nitrogens with zero attached hydrogens (tertiary/aromatic N) is 1. The summed E-state index contributed by atoms with van der Waals surface area (Å²) in [6.45, 7) is 3.98. The fraction of sp³-hybridized carbons (Fsp3) is 0.364. The highest BCUT2D eigenvalue weighted by Crippen LogP contribution is 2.33. The second-order valence-corrected chi connectivity index (χ2v) is 4.71. The van der Waals surface area contributed by atoms with Crippen LogP contribution in [0.25, 0.3) is 0 Å². The maximum atomic E-state index is 13.0. The normalized spacial score (nSPS) is 21.1. The molecule has 0 amide bonds. The van der Waals surface area contributed by atoms with E-state index in [1.54, 1.807) is 17.4 Å². The summed E-state index contributed by atoms with van der Waals surface area (Å²) in [5.74, 6) is 0.0536. The molecule has 1 aromatic heterocycles. The van der Waals surface area contributed by atoms with Crippen LogP contribution in [0.15, 0.2) is 24.1 Å². The smallest absolute Gasteiger partial charge is 0.119 e. The molecule has 1 heterocycles. The molecule has 0 bridgehead atoms. The van der Waals surface area contributed by atoms with Crippen LogP contribution in [0.5, 0.6) is 0 Å². The Morgan fingerprint density at radius 1 is 1.50 bits per heavy atom.